The van der Waals surface area contributed by atoms with E-state index in [1.165, 1.54) is 0 Å². The number of carbonyl (C=O) groups excluding carboxylic acids is 2. The number of fused-ring (bicyclic) bond motifs is 1. The fourth-order valence-corrected chi connectivity index (χ4v) is 4.81. The zero-order valence-corrected chi connectivity index (χ0v) is 22.6. The van der Waals surface area contributed by atoms with E-state index >= 15 is 0 Å². The van der Waals surface area contributed by atoms with Crippen molar-refractivity contribution in [2.45, 2.75) is 51.1 Å². The van der Waals surface area contributed by atoms with Gasteiger partial charge in [0, 0.05) is 42.0 Å². The van der Waals surface area contributed by atoms with Crippen molar-refractivity contribution in [2.75, 3.05) is 29.9 Å². The van der Waals surface area contributed by atoms with Gasteiger partial charge in [0.25, 0.3) is 0 Å². The number of carbonyl (C=O) groups is 2. The molecule has 1 saturated heterocycles. The van der Waals surface area contributed by atoms with Gasteiger partial charge in [-0.05, 0) is 30.2 Å². The zero-order valence-electron chi connectivity index (χ0n) is 21.0. The molecule has 2 aromatic heterocycles. The van der Waals surface area contributed by atoms with Crippen molar-refractivity contribution in [3.63, 3.8) is 0 Å². The maximum Gasteiger partial charge on any atom is 0.227 e. The van der Waals surface area contributed by atoms with Gasteiger partial charge in [0.05, 0.1) is 24.0 Å². The predicted molar refractivity (Wildman–Crippen MR) is 145 cm³/mol. The Bertz CT molecular complexity index is 1230. The number of aromatic nitrogens is 4. The number of halogens is 1. The number of hydrogen-bond donors (Lipinski definition) is 2. The number of amides is 2. The van der Waals surface area contributed by atoms with E-state index in [-0.39, 0.29) is 18.2 Å². The van der Waals surface area contributed by atoms with E-state index in [2.05, 4.69) is 43.4 Å². The van der Waals surface area contributed by atoms with Crippen molar-refractivity contribution in [1.29, 1.82) is 0 Å². The average Bonchev–Trinajstić information content (AvgIpc) is 3.41. The third-order valence-electron chi connectivity index (χ3n) is 5.75. The maximum atomic E-state index is 12.8. The normalized spacial score (nSPS) is 15.9. The molecule has 1 fully saturated rings. The molecule has 0 spiro atoms. The molecule has 1 aliphatic heterocycles. The molecular weight excluding hydrogens is 498 g/mol. The third-order valence-corrected chi connectivity index (χ3v) is 6.87. The van der Waals surface area contributed by atoms with Gasteiger partial charge in [-0.1, -0.05) is 51.1 Å². The highest BCUT2D eigenvalue weighted by Gasteiger charge is 2.35. The summed E-state index contributed by atoms with van der Waals surface area (Å²) in [7, 11) is 0. The van der Waals surface area contributed by atoms with Gasteiger partial charge < -0.3 is 15.5 Å². The Balaban J connectivity index is 1.40. The Morgan fingerprint density at radius 2 is 1.94 bits per heavy atom. The fourth-order valence-electron chi connectivity index (χ4n) is 3.98. The summed E-state index contributed by atoms with van der Waals surface area (Å²) < 4.78 is 1.79. The number of nitrogens with zero attached hydrogens (tertiary/aromatic N) is 5. The lowest BCUT2D eigenvalue weighted by molar-refractivity contribution is -0.126. The minimum atomic E-state index is -0.397. The first-order valence-corrected chi connectivity index (χ1v) is 13.4. The Morgan fingerprint density at radius 1 is 1.19 bits per heavy atom. The first-order valence-electron chi connectivity index (χ1n) is 12.2. The molecule has 0 radical (unpaired) electrons. The summed E-state index contributed by atoms with van der Waals surface area (Å²) in [5.74, 6) is 0.647. The highest BCUT2D eigenvalue weighted by Crippen LogP contribution is 2.28. The SMILES string of the molecule is CC(C)CNc1nc(SC(C)C)nc2c1cnn2CCNC(=O)C1CC(=O)N(c2ccc(Cl)cc2)C1. The van der Waals surface area contributed by atoms with Gasteiger partial charge >= 0.3 is 0 Å². The molecule has 3 aromatic rings. The van der Waals surface area contributed by atoms with Crippen LogP contribution in [0.25, 0.3) is 11.0 Å². The van der Waals surface area contributed by atoms with Crippen LogP contribution in [0.1, 0.15) is 34.1 Å². The van der Waals surface area contributed by atoms with Crippen molar-refractivity contribution >= 4 is 57.7 Å². The lowest BCUT2D eigenvalue weighted by Gasteiger charge is -2.16. The van der Waals surface area contributed by atoms with Crippen LogP contribution in [0.2, 0.25) is 5.02 Å². The van der Waals surface area contributed by atoms with Gasteiger partial charge in [-0.25, -0.2) is 14.6 Å². The average molecular weight is 530 g/mol. The van der Waals surface area contributed by atoms with Crippen LogP contribution in [0, 0.1) is 11.8 Å². The van der Waals surface area contributed by atoms with E-state index in [9.17, 15) is 9.59 Å². The van der Waals surface area contributed by atoms with Crippen LogP contribution in [0.3, 0.4) is 0 Å². The number of benzene rings is 1. The minimum absolute atomic E-state index is 0.0659. The molecule has 0 aliphatic carbocycles. The second kappa shape index (κ2) is 11.5. The fraction of sp³-hybridized carbons (Fsp3) is 0.480. The van der Waals surface area contributed by atoms with E-state index in [0.717, 1.165) is 29.1 Å². The van der Waals surface area contributed by atoms with Gasteiger partial charge in [0.2, 0.25) is 11.8 Å². The number of thioether (sulfide) groups is 1. The molecule has 2 amide bonds. The van der Waals surface area contributed by atoms with Crippen LogP contribution < -0.4 is 15.5 Å². The summed E-state index contributed by atoms with van der Waals surface area (Å²) in [4.78, 5) is 36.4. The number of nitrogens with one attached hydrogen (secondary N) is 2. The van der Waals surface area contributed by atoms with Gasteiger partial charge in [0.1, 0.15) is 5.82 Å². The van der Waals surface area contributed by atoms with Crippen molar-refractivity contribution in [3.05, 3.63) is 35.5 Å². The van der Waals surface area contributed by atoms with Crippen LogP contribution in [-0.4, -0.2) is 56.4 Å². The summed E-state index contributed by atoms with van der Waals surface area (Å²) in [6, 6.07) is 7.07. The van der Waals surface area contributed by atoms with Crippen LogP contribution in [-0.2, 0) is 16.1 Å². The van der Waals surface area contributed by atoms with Crippen LogP contribution in [0.4, 0.5) is 11.5 Å². The van der Waals surface area contributed by atoms with Gasteiger partial charge in [0.15, 0.2) is 10.8 Å². The molecule has 11 heteroatoms. The smallest absolute Gasteiger partial charge is 0.227 e. The number of rotatable bonds is 10. The van der Waals surface area contributed by atoms with Gasteiger partial charge in [-0.2, -0.15) is 5.10 Å². The molecule has 1 aromatic carbocycles. The Kier molecular flexibility index (Phi) is 8.35. The molecule has 0 bridgehead atoms. The van der Waals surface area contributed by atoms with E-state index < -0.39 is 5.92 Å². The highest BCUT2D eigenvalue weighted by atomic mass is 35.5. The standard InChI is InChI=1S/C25H32ClN7O2S/c1-15(2)12-28-22-20-13-29-33(23(20)31-25(30-22)36-16(3)4)10-9-27-24(35)17-11-21(34)32(14-17)19-7-5-18(26)6-8-19/h5-8,13,15-17H,9-12,14H2,1-4H3,(H,27,35)(H,28,30,31). The van der Waals surface area contributed by atoms with Crippen molar-refractivity contribution in [3.8, 4) is 0 Å². The number of anilines is 2. The quantitative estimate of drug-likeness (QED) is 0.299. The summed E-state index contributed by atoms with van der Waals surface area (Å²) in [5, 5.41) is 13.4. The summed E-state index contributed by atoms with van der Waals surface area (Å²) in [6.07, 6.45) is 1.95. The van der Waals surface area contributed by atoms with Crippen molar-refractivity contribution in [2.24, 2.45) is 11.8 Å². The topological polar surface area (TPSA) is 105 Å². The van der Waals surface area contributed by atoms with E-state index in [0.29, 0.717) is 41.0 Å². The van der Waals surface area contributed by atoms with Crippen molar-refractivity contribution in [1.82, 2.24) is 25.1 Å². The minimum Gasteiger partial charge on any atom is -0.369 e. The van der Waals surface area contributed by atoms with Gasteiger partial charge in [-0.15, -0.1) is 0 Å². The Morgan fingerprint density at radius 3 is 2.64 bits per heavy atom. The molecule has 1 unspecified atom stereocenters. The summed E-state index contributed by atoms with van der Waals surface area (Å²) in [5.41, 5.74) is 1.48. The molecule has 1 atom stereocenters. The molecule has 3 heterocycles. The predicted octanol–water partition coefficient (Wildman–Crippen LogP) is 4.22. The van der Waals surface area contributed by atoms with Crippen molar-refractivity contribution < 1.29 is 9.59 Å². The Labute approximate surface area is 220 Å². The van der Waals surface area contributed by atoms with Crippen LogP contribution in [0.15, 0.2) is 35.6 Å². The van der Waals surface area contributed by atoms with E-state index in [4.69, 9.17) is 21.6 Å². The molecule has 192 valence electrons. The highest BCUT2D eigenvalue weighted by molar-refractivity contribution is 7.99. The summed E-state index contributed by atoms with van der Waals surface area (Å²) in [6.45, 7) is 10.5. The van der Waals surface area contributed by atoms with E-state index in [1.54, 1.807) is 51.8 Å². The molecule has 36 heavy (non-hydrogen) atoms. The molecular formula is C25H32ClN7O2S. The molecule has 0 saturated carbocycles. The summed E-state index contributed by atoms with van der Waals surface area (Å²) >= 11 is 7.55. The van der Waals surface area contributed by atoms with Crippen LogP contribution in [0.5, 0.6) is 0 Å². The van der Waals surface area contributed by atoms with Crippen LogP contribution >= 0.6 is 23.4 Å². The lowest BCUT2D eigenvalue weighted by atomic mass is 10.1. The first-order chi connectivity index (χ1) is 17.2. The third kappa shape index (κ3) is 6.28. The number of hydrogen-bond acceptors (Lipinski definition) is 7. The second-order valence-electron chi connectivity index (χ2n) is 9.57. The molecule has 1 aliphatic rings. The first kappa shape index (κ1) is 26.2. The monoisotopic (exact) mass is 529 g/mol. The molecule has 4 rings (SSSR count). The largest absolute Gasteiger partial charge is 0.369 e. The van der Waals surface area contributed by atoms with E-state index in [1.807, 2.05) is 0 Å². The molecule has 9 nitrogen and oxygen atoms in total. The molecule has 2 N–H and O–H groups in total. The Hall–Kier alpha value is -2.85. The maximum absolute atomic E-state index is 12.8. The second-order valence-corrected chi connectivity index (χ2v) is 11.6. The lowest BCUT2D eigenvalue weighted by Crippen LogP contribution is -2.35. The van der Waals surface area contributed by atoms with Gasteiger partial charge in [-0.3, -0.25) is 9.59 Å². The zero-order chi connectivity index (χ0) is 25.8.